The molecule has 0 bridgehead atoms. The van der Waals surface area contributed by atoms with Crippen molar-refractivity contribution in [1.29, 1.82) is 0 Å². The number of thioether (sulfide) groups is 1. The highest BCUT2D eigenvalue weighted by molar-refractivity contribution is 7.98. The number of nitrogens with zero attached hydrogens (tertiary/aromatic N) is 2. The predicted octanol–water partition coefficient (Wildman–Crippen LogP) is 4.19. The second-order valence-corrected chi connectivity index (χ2v) is 11.3. The fraction of sp³-hybridized carbons (Fsp3) is 0.615. The standard InChI is InChI=1S/C26H40N4O5S/c1-25(2,3)18-26(4,5)17-21(31)27-11-13-33-15-16-34-14-12-28-22(32)19-7-9-20(10-8-19)23-29-30-24(35-23)36-6/h7-10H,11-18H2,1-6H3,(H,27,31)(H,28,32). The van der Waals surface area contributed by atoms with E-state index in [-0.39, 0.29) is 22.6 Å². The van der Waals surface area contributed by atoms with Crippen LogP contribution in [-0.2, 0) is 14.3 Å². The van der Waals surface area contributed by atoms with Gasteiger partial charge in [0.15, 0.2) is 0 Å². The van der Waals surface area contributed by atoms with Crippen LogP contribution in [0.2, 0.25) is 0 Å². The van der Waals surface area contributed by atoms with Crippen molar-refractivity contribution >= 4 is 23.6 Å². The third-order valence-corrected chi connectivity index (χ3v) is 5.61. The maximum atomic E-state index is 12.3. The van der Waals surface area contributed by atoms with E-state index in [1.807, 2.05) is 6.26 Å². The van der Waals surface area contributed by atoms with Gasteiger partial charge in [0, 0.05) is 30.6 Å². The Morgan fingerprint density at radius 2 is 1.53 bits per heavy atom. The molecule has 2 amide bonds. The fourth-order valence-corrected chi connectivity index (χ4v) is 4.38. The summed E-state index contributed by atoms with van der Waals surface area (Å²) in [5.41, 5.74) is 1.45. The molecule has 0 saturated carbocycles. The first kappa shape index (κ1) is 29.8. The van der Waals surface area contributed by atoms with Crippen LogP contribution in [0.5, 0.6) is 0 Å². The quantitative estimate of drug-likeness (QED) is 0.265. The number of carbonyl (C=O) groups excluding carboxylic acids is 2. The average Bonchev–Trinajstić information content (AvgIpc) is 3.27. The lowest BCUT2D eigenvalue weighted by Gasteiger charge is -2.31. The molecule has 0 aliphatic carbocycles. The number of hydrogen-bond acceptors (Lipinski definition) is 8. The molecule has 0 radical (unpaired) electrons. The molecule has 1 heterocycles. The summed E-state index contributed by atoms with van der Waals surface area (Å²) in [6, 6.07) is 6.98. The second kappa shape index (κ2) is 14.3. The lowest BCUT2D eigenvalue weighted by atomic mass is 9.74. The molecule has 1 aromatic heterocycles. The van der Waals surface area contributed by atoms with Gasteiger partial charge >= 0.3 is 0 Å². The van der Waals surface area contributed by atoms with Crippen LogP contribution in [0, 0.1) is 10.8 Å². The maximum absolute atomic E-state index is 12.3. The highest BCUT2D eigenvalue weighted by Crippen LogP contribution is 2.35. The van der Waals surface area contributed by atoms with Gasteiger partial charge in [-0.2, -0.15) is 0 Å². The van der Waals surface area contributed by atoms with Gasteiger partial charge in [-0.3, -0.25) is 9.59 Å². The van der Waals surface area contributed by atoms with Crippen LogP contribution in [0.15, 0.2) is 33.9 Å². The van der Waals surface area contributed by atoms with Gasteiger partial charge in [-0.15, -0.1) is 10.2 Å². The van der Waals surface area contributed by atoms with E-state index in [1.54, 1.807) is 24.3 Å². The molecule has 1 aromatic carbocycles. The van der Waals surface area contributed by atoms with E-state index in [0.29, 0.717) is 62.6 Å². The Bertz CT molecular complexity index is 954. The molecule has 36 heavy (non-hydrogen) atoms. The van der Waals surface area contributed by atoms with Gasteiger partial charge in [0.2, 0.25) is 11.8 Å². The number of aromatic nitrogens is 2. The van der Waals surface area contributed by atoms with Crippen molar-refractivity contribution in [1.82, 2.24) is 20.8 Å². The van der Waals surface area contributed by atoms with Crippen molar-refractivity contribution < 1.29 is 23.5 Å². The predicted molar refractivity (Wildman–Crippen MR) is 141 cm³/mol. The summed E-state index contributed by atoms with van der Waals surface area (Å²) in [4.78, 5) is 24.4. The molecule has 10 heteroatoms. The third kappa shape index (κ3) is 11.5. The Labute approximate surface area is 218 Å². The van der Waals surface area contributed by atoms with E-state index in [4.69, 9.17) is 13.9 Å². The maximum Gasteiger partial charge on any atom is 0.276 e. The largest absolute Gasteiger partial charge is 0.411 e. The minimum atomic E-state index is -0.182. The van der Waals surface area contributed by atoms with E-state index in [9.17, 15) is 9.59 Å². The number of carbonyl (C=O) groups is 2. The van der Waals surface area contributed by atoms with Crippen LogP contribution in [-0.4, -0.2) is 67.8 Å². The highest BCUT2D eigenvalue weighted by Gasteiger charge is 2.27. The zero-order valence-corrected chi connectivity index (χ0v) is 23.1. The number of hydrogen-bond donors (Lipinski definition) is 2. The molecule has 9 nitrogen and oxygen atoms in total. The molecule has 200 valence electrons. The van der Waals surface area contributed by atoms with Gasteiger partial charge < -0.3 is 24.5 Å². The van der Waals surface area contributed by atoms with E-state index < -0.39 is 0 Å². The fourth-order valence-electron chi connectivity index (χ4n) is 4.09. The molecule has 2 aromatic rings. The van der Waals surface area contributed by atoms with Crippen molar-refractivity contribution in [3.63, 3.8) is 0 Å². The highest BCUT2D eigenvalue weighted by atomic mass is 32.2. The first-order valence-electron chi connectivity index (χ1n) is 12.2. The Hall–Kier alpha value is -2.43. The molecule has 0 unspecified atom stereocenters. The van der Waals surface area contributed by atoms with E-state index in [2.05, 4.69) is 55.4 Å². The number of ether oxygens (including phenoxy) is 2. The van der Waals surface area contributed by atoms with E-state index in [0.717, 1.165) is 12.0 Å². The van der Waals surface area contributed by atoms with Gasteiger partial charge in [-0.05, 0) is 47.8 Å². The molecular formula is C26H40N4O5S. The summed E-state index contributed by atoms with van der Waals surface area (Å²) in [7, 11) is 0. The third-order valence-electron chi connectivity index (χ3n) is 5.10. The molecule has 2 rings (SSSR count). The van der Waals surface area contributed by atoms with Crippen LogP contribution in [0.4, 0.5) is 0 Å². The van der Waals surface area contributed by atoms with Crippen molar-refractivity contribution in [3.8, 4) is 11.5 Å². The molecule has 2 N–H and O–H groups in total. The summed E-state index contributed by atoms with van der Waals surface area (Å²) in [6.07, 6.45) is 3.34. The molecule has 0 saturated heterocycles. The normalized spacial score (nSPS) is 11.9. The van der Waals surface area contributed by atoms with Crippen LogP contribution >= 0.6 is 11.8 Å². The number of amides is 2. The van der Waals surface area contributed by atoms with Crippen LogP contribution < -0.4 is 10.6 Å². The first-order valence-corrected chi connectivity index (χ1v) is 13.4. The van der Waals surface area contributed by atoms with Crippen molar-refractivity contribution in [2.24, 2.45) is 10.8 Å². The number of rotatable bonds is 15. The number of benzene rings is 1. The van der Waals surface area contributed by atoms with Gasteiger partial charge in [-0.1, -0.05) is 46.4 Å². The van der Waals surface area contributed by atoms with E-state index in [1.165, 1.54) is 11.8 Å². The summed E-state index contributed by atoms with van der Waals surface area (Å²) in [5, 5.41) is 14.1. The van der Waals surface area contributed by atoms with Crippen molar-refractivity contribution in [3.05, 3.63) is 29.8 Å². The zero-order chi connectivity index (χ0) is 26.6. The van der Waals surface area contributed by atoms with Crippen LogP contribution in [0.25, 0.3) is 11.5 Å². The lowest BCUT2D eigenvalue weighted by Crippen LogP contribution is -2.33. The smallest absolute Gasteiger partial charge is 0.276 e. The average molecular weight is 521 g/mol. The van der Waals surface area contributed by atoms with Crippen molar-refractivity contribution in [2.45, 2.75) is 52.7 Å². The summed E-state index contributed by atoms with van der Waals surface area (Å²) in [6.45, 7) is 13.4. The second-order valence-electron chi connectivity index (χ2n) is 10.6. The monoisotopic (exact) mass is 520 g/mol. The molecule has 0 fully saturated rings. The Morgan fingerprint density at radius 1 is 0.917 bits per heavy atom. The molecule has 0 aliphatic rings. The zero-order valence-electron chi connectivity index (χ0n) is 22.3. The molecular weight excluding hydrogens is 480 g/mol. The Morgan fingerprint density at radius 3 is 2.08 bits per heavy atom. The Balaban J connectivity index is 1.51. The van der Waals surface area contributed by atoms with Crippen LogP contribution in [0.1, 0.15) is 57.8 Å². The Kier molecular flexibility index (Phi) is 11.9. The molecule has 0 atom stereocenters. The van der Waals surface area contributed by atoms with E-state index >= 15 is 0 Å². The first-order chi connectivity index (χ1) is 17.0. The lowest BCUT2D eigenvalue weighted by molar-refractivity contribution is -0.123. The number of nitrogens with one attached hydrogen (secondary N) is 2. The van der Waals surface area contributed by atoms with Gasteiger partial charge in [0.1, 0.15) is 0 Å². The van der Waals surface area contributed by atoms with Gasteiger partial charge in [0.05, 0.1) is 26.4 Å². The SMILES string of the molecule is CSc1nnc(-c2ccc(C(=O)NCCOCCOCCNC(=O)CC(C)(C)CC(C)(C)C)cc2)o1. The molecule has 0 aliphatic heterocycles. The summed E-state index contributed by atoms with van der Waals surface area (Å²) in [5.74, 6) is 0.288. The topological polar surface area (TPSA) is 116 Å². The van der Waals surface area contributed by atoms with Crippen LogP contribution in [0.3, 0.4) is 0 Å². The minimum absolute atomic E-state index is 0.0385. The van der Waals surface area contributed by atoms with Gasteiger partial charge in [0.25, 0.3) is 11.1 Å². The van der Waals surface area contributed by atoms with Gasteiger partial charge in [-0.25, -0.2) is 0 Å². The minimum Gasteiger partial charge on any atom is -0.411 e. The molecule has 0 spiro atoms. The summed E-state index contributed by atoms with van der Waals surface area (Å²) < 4.78 is 16.5. The van der Waals surface area contributed by atoms with Crippen molar-refractivity contribution in [2.75, 3.05) is 45.8 Å². The summed E-state index contributed by atoms with van der Waals surface area (Å²) >= 11 is 1.38.